The monoisotopic (exact) mass is 480 g/mol. The van der Waals surface area contributed by atoms with Gasteiger partial charge in [-0.25, -0.2) is 4.68 Å². The summed E-state index contributed by atoms with van der Waals surface area (Å²) in [5, 5.41) is 3.74. The fourth-order valence-electron chi connectivity index (χ4n) is 4.16. The summed E-state index contributed by atoms with van der Waals surface area (Å²) in [6, 6.07) is 8.62. The van der Waals surface area contributed by atoms with Crippen molar-refractivity contribution in [2.75, 3.05) is 12.3 Å². The minimum absolute atomic E-state index is 0.0503. The maximum atomic E-state index is 13.9. The lowest BCUT2D eigenvalue weighted by atomic mass is 9.83. The van der Waals surface area contributed by atoms with E-state index in [1.165, 1.54) is 17.4 Å². The molecule has 0 fully saturated rings. The van der Waals surface area contributed by atoms with Gasteiger partial charge in [0.1, 0.15) is 5.82 Å². The Bertz CT molecular complexity index is 1200. The van der Waals surface area contributed by atoms with Crippen LogP contribution in [0, 0.1) is 0 Å². The van der Waals surface area contributed by atoms with Crippen LogP contribution in [-0.4, -0.2) is 27.1 Å². The van der Waals surface area contributed by atoms with E-state index in [-0.39, 0.29) is 36.3 Å². The number of thiophene rings is 1. The van der Waals surface area contributed by atoms with E-state index in [1.807, 2.05) is 6.07 Å². The van der Waals surface area contributed by atoms with Crippen LogP contribution in [0.3, 0.4) is 0 Å². The van der Waals surface area contributed by atoms with Crippen molar-refractivity contribution in [1.29, 1.82) is 0 Å². The summed E-state index contributed by atoms with van der Waals surface area (Å²) in [6.07, 6.45) is -3.45. The highest BCUT2D eigenvalue weighted by Gasteiger charge is 2.41. The summed E-state index contributed by atoms with van der Waals surface area (Å²) in [6.45, 7) is 6.09. The van der Waals surface area contributed by atoms with E-state index in [4.69, 9.17) is 17.3 Å². The highest BCUT2D eigenvalue weighted by Crippen LogP contribution is 2.46. The van der Waals surface area contributed by atoms with Crippen molar-refractivity contribution >= 4 is 34.7 Å². The van der Waals surface area contributed by atoms with Crippen LogP contribution in [0.4, 0.5) is 19.0 Å². The Labute approximate surface area is 191 Å². The van der Waals surface area contributed by atoms with E-state index < -0.39 is 11.9 Å². The van der Waals surface area contributed by atoms with Gasteiger partial charge in [0.25, 0.3) is 0 Å². The molecule has 1 atom stereocenters. The van der Waals surface area contributed by atoms with Gasteiger partial charge >= 0.3 is 6.18 Å². The van der Waals surface area contributed by atoms with Gasteiger partial charge in [-0.05, 0) is 35.8 Å². The van der Waals surface area contributed by atoms with Gasteiger partial charge in [-0.1, -0.05) is 42.4 Å². The third-order valence-electron chi connectivity index (χ3n) is 5.58. The largest absolute Gasteiger partial charge is 0.435 e. The average Bonchev–Trinajstić information content (AvgIpc) is 3.30. The van der Waals surface area contributed by atoms with Gasteiger partial charge in [-0.2, -0.15) is 18.3 Å². The Hall–Kier alpha value is -2.78. The lowest BCUT2D eigenvalue weighted by molar-refractivity contribution is -0.141. The number of rotatable bonds is 4. The first-order chi connectivity index (χ1) is 15.2. The quantitative estimate of drug-likeness (QED) is 0.498. The number of nitrogens with zero attached hydrogens (tertiary/aromatic N) is 3. The lowest BCUT2D eigenvalue weighted by Crippen LogP contribution is -2.37. The van der Waals surface area contributed by atoms with Crippen LogP contribution >= 0.6 is 22.9 Å². The maximum absolute atomic E-state index is 13.9. The highest BCUT2D eigenvalue weighted by molar-refractivity contribution is 7.16. The van der Waals surface area contributed by atoms with Crippen molar-refractivity contribution < 1.29 is 18.0 Å². The van der Waals surface area contributed by atoms with Crippen LogP contribution in [0.2, 0.25) is 4.34 Å². The first kappa shape index (κ1) is 22.4. The Kier molecular flexibility index (Phi) is 5.81. The fraction of sp³-hybridized carbons (Fsp3) is 0.273. The standard InChI is InChI=1S/C22H20ClF3N4OS/c1-3-18(31)29-10-15(14-9-17(23)32-16(14)11-29)12-7-5-6-8-13(12)19-20(22(24,25)26)28-30(4-2)21(19)27/h3,5-9,15H,1,4,10-11,27H2,2H3/t15-/m0/s1. The summed E-state index contributed by atoms with van der Waals surface area (Å²) in [5.74, 6) is -0.685. The molecule has 32 heavy (non-hydrogen) atoms. The van der Waals surface area contributed by atoms with Crippen LogP contribution in [0.5, 0.6) is 0 Å². The molecule has 1 aliphatic rings. The summed E-state index contributed by atoms with van der Waals surface area (Å²) in [4.78, 5) is 14.9. The summed E-state index contributed by atoms with van der Waals surface area (Å²) in [7, 11) is 0. The molecule has 0 saturated carbocycles. The number of fused-ring (bicyclic) bond motifs is 1. The topological polar surface area (TPSA) is 64.2 Å². The normalized spacial score (nSPS) is 16.2. The number of hydrogen-bond donors (Lipinski definition) is 1. The Morgan fingerprint density at radius 3 is 2.75 bits per heavy atom. The predicted octanol–water partition coefficient (Wildman–Crippen LogP) is 5.55. The molecular formula is C22H20ClF3N4OS. The predicted molar refractivity (Wildman–Crippen MR) is 120 cm³/mol. The highest BCUT2D eigenvalue weighted by atomic mass is 35.5. The molecule has 2 N–H and O–H groups in total. The number of nitrogen functional groups attached to an aromatic ring is 1. The van der Waals surface area contributed by atoms with E-state index in [0.717, 1.165) is 15.1 Å². The molecule has 1 amide bonds. The van der Waals surface area contributed by atoms with Crippen molar-refractivity contribution in [3.8, 4) is 11.1 Å². The molecule has 10 heteroatoms. The molecular weight excluding hydrogens is 461 g/mol. The fourth-order valence-corrected chi connectivity index (χ4v) is 5.51. The van der Waals surface area contributed by atoms with Gasteiger partial charge in [-0.15, -0.1) is 11.3 Å². The first-order valence-corrected chi connectivity index (χ1v) is 11.1. The molecule has 0 unspecified atom stereocenters. The van der Waals surface area contributed by atoms with Gasteiger partial charge in [0.2, 0.25) is 5.91 Å². The molecule has 0 radical (unpaired) electrons. The number of hydrogen-bond acceptors (Lipinski definition) is 4. The number of benzene rings is 1. The number of aromatic nitrogens is 2. The molecule has 3 aromatic rings. The summed E-state index contributed by atoms with van der Waals surface area (Å²) in [5.41, 5.74) is 6.83. The average molecular weight is 481 g/mol. The van der Waals surface area contributed by atoms with Crippen LogP contribution in [0.1, 0.15) is 34.5 Å². The second-order valence-electron chi connectivity index (χ2n) is 7.41. The first-order valence-electron chi connectivity index (χ1n) is 9.87. The van der Waals surface area contributed by atoms with Gasteiger partial charge in [0.15, 0.2) is 5.69 Å². The molecule has 1 aliphatic heterocycles. The number of carbonyl (C=O) groups excluding carboxylic acids is 1. The van der Waals surface area contributed by atoms with Gasteiger partial charge < -0.3 is 10.6 Å². The van der Waals surface area contributed by atoms with E-state index >= 15 is 0 Å². The van der Waals surface area contributed by atoms with Crippen molar-refractivity contribution in [3.05, 3.63) is 69.0 Å². The third kappa shape index (κ3) is 3.80. The number of amides is 1. The molecule has 168 valence electrons. The SMILES string of the molecule is C=CC(=O)N1Cc2sc(Cl)cc2[C@H](c2ccccc2-c2c(C(F)(F)F)nn(CC)c2N)C1. The number of carbonyl (C=O) groups is 1. The molecule has 0 saturated heterocycles. The molecule has 0 spiro atoms. The van der Waals surface area contributed by atoms with Gasteiger partial charge in [0.05, 0.1) is 16.4 Å². The minimum Gasteiger partial charge on any atom is -0.383 e. The maximum Gasteiger partial charge on any atom is 0.435 e. The van der Waals surface area contributed by atoms with Crippen LogP contribution in [0.25, 0.3) is 11.1 Å². The molecule has 3 heterocycles. The van der Waals surface area contributed by atoms with Gasteiger partial charge in [-0.3, -0.25) is 4.79 Å². The molecule has 5 nitrogen and oxygen atoms in total. The number of anilines is 1. The Balaban J connectivity index is 1.93. The molecule has 1 aromatic carbocycles. The van der Waals surface area contributed by atoms with Crippen molar-refractivity contribution in [2.45, 2.75) is 32.1 Å². The van der Waals surface area contributed by atoms with Crippen molar-refractivity contribution in [3.63, 3.8) is 0 Å². The van der Waals surface area contributed by atoms with E-state index in [2.05, 4.69) is 11.7 Å². The second-order valence-corrected chi connectivity index (χ2v) is 9.18. The van der Waals surface area contributed by atoms with Crippen LogP contribution in [0.15, 0.2) is 43.0 Å². The third-order valence-corrected chi connectivity index (χ3v) is 6.84. The molecule has 0 bridgehead atoms. The van der Waals surface area contributed by atoms with Crippen molar-refractivity contribution in [1.82, 2.24) is 14.7 Å². The molecule has 0 aliphatic carbocycles. The van der Waals surface area contributed by atoms with E-state index in [9.17, 15) is 18.0 Å². The van der Waals surface area contributed by atoms with Gasteiger partial charge in [0, 0.05) is 23.9 Å². The number of halogens is 4. The van der Waals surface area contributed by atoms with E-state index in [0.29, 0.717) is 22.0 Å². The number of alkyl halides is 3. The Morgan fingerprint density at radius 2 is 2.09 bits per heavy atom. The zero-order valence-corrected chi connectivity index (χ0v) is 18.7. The lowest BCUT2D eigenvalue weighted by Gasteiger charge is -2.33. The Morgan fingerprint density at radius 1 is 1.38 bits per heavy atom. The number of aryl methyl sites for hydroxylation is 1. The second kappa shape index (κ2) is 8.29. The smallest absolute Gasteiger partial charge is 0.383 e. The minimum atomic E-state index is -4.68. The zero-order chi connectivity index (χ0) is 23.2. The summed E-state index contributed by atoms with van der Waals surface area (Å²) >= 11 is 7.62. The molecule has 2 aromatic heterocycles. The number of nitrogens with two attached hydrogens (primary N) is 1. The molecule has 4 rings (SSSR count). The summed E-state index contributed by atoms with van der Waals surface area (Å²) < 4.78 is 43.4. The van der Waals surface area contributed by atoms with Crippen LogP contribution in [-0.2, 0) is 24.1 Å². The van der Waals surface area contributed by atoms with Crippen molar-refractivity contribution in [2.24, 2.45) is 0 Å². The van der Waals surface area contributed by atoms with E-state index in [1.54, 1.807) is 36.1 Å². The zero-order valence-electron chi connectivity index (χ0n) is 17.1. The van der Waals surface area contributed by atoms with Crippen LogP contribution < -0.4 is 5.73 Å².